The quantitative estimate of drug-likeness (QED) is 0.811. The number of nitrogens with one attached hydrogen (secondary N) is 1. The van der Waals surface area contributed by atoms with Gasteiger partial charge in [-0.2, -0.15) is 4.98 Å². The van der Waals surface area contributed by atoms with Crippen molar-refractivity contribution >= 4 is 11.8 Å². The lowest BCUT2D eigenvalue weighted by Crippen LogP contribution is -2.46. The van der Waals surface area contributed by atoms with Gasteiger partial charge in [0.2, 0.25) is 5.88 Å². The molecular weight excluding hydrogens is 246 g/mol. The molecule has 2 rings (SSSR count). The fourth-order valence-corrected chi connectivity index (χ4v) is 2.48. The summed E-state index contributed by atoms with van der Waals surface area (Å²) in [6.07, 6.45) is 8.24. The van der Waals surface area contributed by atoms with Crippen molar-refractivity contribution in [3.05, 3.63) is 12.4 Å². The Labute approximate surface area is 112 Å². The molecule has 0 unspecified atom stereocenters. The molecule has 0 spiro atoms. The van der Waals surface area contributed by atoms with E-state index in [1.165, 1.54) is 19.5 Å². The first-order valence-corrected chi connectivity index (χ1v) is 6.54. The van der Waals surface area contributed by atoms with Crippen molar-refractivity contribution in [2.75, 3.05) is 12.4 Å². The van der Waals surface area contributed by atoms with E-state index < -0.39 is 11.5 Å². The van der Waals surface area contributed by atoms with E-state index in [1.54, 1.807) is 0 Å². The van der Waals surface area contributed by atoms with Crippen LogP contribution in [0.25, 0.3) is 0 Å². The molecule has 0 radical (unpaired) electrons. The third-order valence-electron chi connectivity index (χ3n) is 3.56. The number of rotatable bonds is 4. The Kier molecular flexibility index (Phi) is 4.19. The zero-order valence-corrected chi connectivity index (χ0v) is 11.1. The number of aromatic nitrogens is 2. The minimum Gasteiger partial charge on any atom is -0.480 e. The van der Waals surface area contributed by atoms with Crippen LogP contribution >= 0.6 is 0 Å². The normalized spacial score (nSPS) is 18.4. The van der Waals surface area contributed by atoms with Crippen molar-refractivity contribution in [3.8, 4) is 5.88 Å². The lowest BCUT2D eigenvalue weighted by atomic mass is 9.90. The Bertz CT molecular complexity index is 443. The number of hydrogen-bond acceptors (Lipinski definition) is 5. The lowest BCUT2D eigenvalue weighted by molar-refractivity contribution is -0.142. The summed E-state index contributed by atoms with van der Waals surface area (Å²) in [5, 5.41) is 12.6. The third kappa shape index (κ3) is 3.13. The molecule has 1 aliphatic carbocycles. The first kappa shape index (κ1) is 13.6. The summed E-state index contributed by atoms with van der Waals surface area (Å²) in [5.74, 6) is 0.00170. The van der Waals surface area contributed by atoms with Gasteiger partial charge in [-0.15, -0.1) is 0 Å². The average Bonchev–Trinajstić information content (AvgIpc) is 2.65. The van der Waals surface area contributed by atoms with Crippen LogP contribution in [0.1, 0.15) is 38.5 Å². The standard InChI is InChI=1S/C13H19N3O3/c1-19-11-9-14-8-10(15-11)16-13(12(17)18)6-4-2-3-5-7-13/h8-9H,2-7H2,1H3,(H,15,16)(H,17,18). The topological polar surface area (TPSA) is 84.3 Å². The number of aliphatic carboxylic acids is 1. The largest absolute Gasteiger partial charge is 0.480 e. The highest BCUT2D eigenvalue weighted by Crippen LogP contribution is 2.30. The molecule has 104 valence electrons. The second-order valence-corrected chi connectivity index (χ2v) is 4.87. The third-order valence-corrected chi connectivity index (χ3v) is 3.56. The summed E-state index contributed by atoms with van der Waals surface area (Å²) >= 11 is 0. The molecule has 0 amide bonds. The summed E-state index contributed by atoms with van der Waals surface area (Å²) in [4.78, 5) is 19.8. The van der Waals surface area contributed by atoms with Gasteiger partial charge in [0.05, 0.1) is 19.5 Å². The fourth-order valence-electron chi connectivity index (χ4n) is 2.48. The minimum atomic E-state index is -0.933. The fraction of sp³-hybridized carbons (Fsp3) is 0.615. The number of hydrogen-bond donors (Lipinski definition) is 2. The van der Waals surface area contributed by atoms with Gasteiger partial charge < -0.3 is 15.2 Å². The first-order chi connectivity index (χ1) is 9.16. The molecule has 6 nitrogen and oxygen atoms in total. The minimum absolute atomic E-state index is 0.374. The Morgan fingerprint density at radius 2 is 2.00 bits per heavy atom. The van der Waals surface area contributed by atoms with Crippen molar-refractivity contribution in [2.45, 2.75) is 44.1 Å². The van der Waals surface area contributed by atoms with Crippen molar-refractivity contribution in [1.29, 1.82) is 0 Å². The van der Waals surface area contributed by atoms with E-state index in [9.17, 15) is 9.90 Å². The van der Waals surface area contributed by atoms with Crippen LogP contribution in [0.3, 0.4) is 0 Å². The Morgan fingerprint density at radius 1 is 1.32 bits per heavy atom. The molecule has 0 aliphatic heterocycles. The second kappa shape index (κ2) is 5.86. The molecule has 1 aliphatic rings. The predicted octanol–water partition coefficient (Wildman–Crippen LogP) is 2.07. The molecule has 0 aromatic carbocycles. The highest BCUT2D eigenvalue weighted by Gasteiger charge is 2.39. The zero-order chi connectivity index (χ0) is 13.7. The molecule has 1 aromatic rings. The van der Waals surface area contributed by atoms with Gasteiger partial charge in [0.25, 0.3) is 0 Å². The summed E-state index contributed by atoms with van der Waals surface area (Å²) in [6, 6.07) is 0. The second-order valence-electron chi connectivity index (χ2n) is 4.87. The molecule has 0 bridgehead atoms. The number of methoxy groups -OCH3 is 1. The van der Waals surface area contributed by atoms with E-state index >= 15 is 0 Å². The van der Waals surface area contributed by atoms with Crippen molar-refractivity contribution in [2.24, 2.45) is 0 Å². The van der Waals surface area contributed by atoms with E-state index in [0.717, 1.165) is 25.7 Å². The van der Waals surface area contributed by atoms with E-state index in [4.69, 9.17) is 4.74 Å². The molecule has 2 N–H and O–H groups in total. The Morgan fingerprint density at radius 3 is 2.58 bits per heavy atom. The van der Waals surface area contributed by atoms with Gasteiger partial charge in [-0.3, -0.25) is 4.98 Å². The predicted molar refractivity (Wildman–Crippen MR) is 70.3 cm³/mol. The molecule has 1 heterocycles. The van der Waals surface area contributed by atoms with E-state index in [-0.39, 0.29) is 0 Å². The van der Waals surface area contributed by atoms with Crippen molar-refractivity contribution in [3.63, 3.8) is 0 Å². The molecule has 0 atom stereocenters. The van der Waals surface area contributed by atoms with E-state index in [1.807, 2.05) is 0 Å². The maximum absolute atomic E-state index is 11.6. The summed E-state index contributed by atoms with van der Waals surface area (Å²) < 4.78 is 5.00. The van der Waals surface area contributed by atoms with Gasteiger partial charge in [0.1, 0.15) is 11.4 Å². The van der Waals surface area contributed by atoms with Crippen molar-refractivity contribution in [1.82, 2.24) is 9.97 Å². The van der Waals surface area contributed by atoms with Gasteiger partial charge in [-0.1, -0.05) is 25.7 Å². The van der Waals surface area contributed by atoms with Crippen LogP contribution < -0.4 is 10.1 Å². The van der Waals surface area contributed by atoms with Crippen LogP contribution in [-0.2, 0) is 4.79 Å². The van der Waals surface area contributed by atoms with Crippen molar-refractivity contribution < 1.29 is 14.6 Å². The van der Waals surface area contributed by atoms with Gasteiger partial charge >= 0.3 is 5.97 Å². The van der Waals surface area contributed by atoms with Gasteiger partial charge in [-0.25, -0.2) is 4.79 Å². The highest BCUT2D eigenvalue weighted by atomic mass is 16.5. The SMILES string of the molecule is COc1cncc(NC2(C(=O)O)CCCCCC2)n1. The Hall–Kier alpha value is -1.85. The molecule has 1 saturated carbocycles. The molecule has 1 aromatic heterocycles. The van der Waals surface area contributed by atoms with Gasteiger partial charge in [0, 0.05) is 0 Å². The van der Waals surface area contributed by atoms with E-state index in [0.29, 0.717) is 24.5 Å². The molecule has 6 heteroatoms. The molecule has 19 heavy (non-hydrogen) atoms. The molecule has 0 saturated heterocycles. The number of anilines is 1. The Balaban J connectivity index is 2.21. The number of carbonyl (C=O) groups is 1. The zero-order valence-electron chi connectivity index (χ0n) is 11.1. The monoisotopic (exact) mass is 265 g/mol. The smallest absolute Gasteiger partial charge is 0.329 e. The lowest BCUT2D eigenvalue weighted by Gasteiger charge is -2.29. The highest BCUT2D eigenvalue weighted by molar-refractivity contribution is 5.82. The van der Waals surface area contributed by atoms with Crippen LogP contribution in [0.15, 0.2) is 12.4 Å². The maximum atomic E-state index is 11.6. The number of ether oxygens (including phenoxy) is 1. The van der Waals surface area contributed by atoms with E-state index in [2.05, 4.69) is 15.3 Å². The van der Waals surface area contributed by atoms with Gasteiger partial charge in [0.15, 0.2) is 0 Å². The number of carboxylic acids is 1. The maximum Gasteiger partial charge on any atom is 0.329 e. The molecular formula is C13H19N3O3. The number of nitrogens with zero attached hydrogens (tertiary/aromatic N) is 2. The van der Waals surface area contributed by atoms with Gasteiger partial charge in [-0.05, 0) is 12.8 Å². The van der Waals surface area contributed by atoms with Crippen LogP contribution in [0.2, 0.25) is 0 Å². The van der Waals surface area contributed by atoms with Crippen LogP contribution in [0, 0.1) is 0 Å². The van der Waals surface area contributed by atoms with Crippen LogP contribution in [0.5, 0.6) is 5.88 Å². The van der Waals surface area contributed by atoms with Crippen LogP contribution in [-0.4, -0.2) is 33.7 Å². The van der Waals surface area contributed by atoms with Crippen LogP contribution in [0.4, 0.5) is 5.82 Å². The number of carboxylic acid groups (broad SMARTS) is 1. The summed E-state index contributed by atoms with van der Waals surface area (Å²) in [5.41, 5.74) is -0.933. The summed E-state index contributed by atoms with van der Waals surface area (Å²) in [6.45, 7) is 0. The average molecular weight is 265 g/mol. The first-order valence-electron chi connectivity index (χ1n) is 6.54. The summed E-state index contributed by atoms with van der Waals surface area (Å²) in [7, 11) is 1.51. The molecule has 1 fully saturated rings.